The number of nitrogens with zero attached hydrogens (tertiary/aromatic N) is 1. The van der Waals surface area contributed by atoms with Gasteiger partial charge in [-0.25, -0.2) is 4.39 Å². The Morgan fingerprint density at radius 2 is 2.05 bits per heavy atom. The molecule has 1 aliphatic carbocycles. The molecule has 1 aromatic rings. The lowest BCUT2D eigenvalue weighted by Gasteiger charge is -2.30. The second kappa shape index (κ2) is 5.92. The van der Waals surface area contributed by atoms with Gasteiger partial charge in [0.2, 0.25) is 5.91 Å². The molecule has 0 radical (unpaired) electrons. The summed E-state index contributed by atoms with van der Waals surface area (Å²) in [7, 11) is 0. The van der Waals surface area contributed by atoms with E-state index in [0.29, 0.717) is 18.2 Å². The van der Waals surface area contributed by atoms with E-state index >= 15 is 0 Å². The van der Waals surface area contributed by atoms with Crippen LogP contribution < -0.4 is 5.32 Å². The molecule has 1 heterocycles. The molecule has 108 valence electrons. The zero-order valence-corrected chi connectivity index (χ0v) is 11.6. The number of hydrogen-bond acceptors (Lipinski definition) is 2. The SMILES string of the molecule is O=C([C@H]1CCCCN1)N(Cc1ccccc1F)C1CC1. The third kappa shape index (κ3) is 3.01. The summed E-state index contributed by atoms with van der Waals surface area (Å²) in [4.78, 5) is 14.5. The van der Waals surface area contributed by atoms with E-state index in [9.17, 15) is 9.18 Å². The fourth-order valence-electron chi connectivity index (χ4n) is 2.85. The van der Waals surface area contributed by atoms with Crippen molar-refractivity contribution in [1.82, 2.24) is 10.2 Å². The average molecular weight is 276 g/mol. The average Bonchev–Trinajstić information content (AvgIpc) is 3.31. The van der Waals surface area contributed by atoms with E-state index in [1.165, 1.54) is 6.07 Å². The van der Waals surface area contributed by atoms with Crippen LogP contribution >= 0.6 is 0 Å². The summed E-state index contributed by atoms with van der Waals surface area (Å²) in [6.45, 7) is 1.31. The van der Waals surface area contributed by atoms with Crippen molar-refractivity contribution in [1.29, 1.82) is 0 Å². The molecule has 1 aromatic carbocycles. The number of carbonyl (C=O) groups is 1. The highest BCUT2D eigenvalue weighted by atomic mass is 19.1. The van der Waals surface area contributed by atoms with Crippen LogP contribution in [0.3, 0.4) is 0 Å². The van der Waals surface area contributed by atoms with Gasteiger partial charge < -0.3 is 10.2 Å². The molecule has 1 saturated carbocycles. The summed E-state index contributed by atoms with van der Waals surface area (Å²) >= 11 is 0. The van der Waals surface area contributed by atoms with Crippen molar-refractivity contribution in [2.75, 3.05) is 6.54 Å². The topological polar surface area (TPSA) is 32.3 Å². The first-order valence-electron chi connectivity index (χ1n) is 7.53. The van der Waals surface area contributed by atoms with Crippen LogP contribution in [0.4, 0.5) is 4.39 Å². The van der Waals surface area contributed by atoms with Crippen LogP contribution in [0.5, 0.6) is 0 Å². The van der Waals surface area contributed by atoms with Crippen LogP contribution in [0.2, 0.25) is 0 Å². The van der Waals surface area contributed by atoms with Crippen LogP contribution in [0.15, 0.2) is 24.3 Å². The molecule has 1 saturated heterocycles. The molecule has 0 spiro atoms. The van der Waals surface area contributed by atoms with Crippen molar-refractivity contribution < 1.29 is 9.18 Å². The first kappa shape index (κ1) is 13.6. The summed E-state index contributed by atoms with van der Waals surface area (Å²) in [5.41, 5.74) is 0.614. The molecule has 2 aliphatic rings. The summed E-state index contributed by atoms with van der Waals surface area (Å²) in [6, 6.07) is 6.98. The monoisotopic (exact) mass is 276 g/mol. The molecule has 0 aromatic heterocycles. The largest absolute Gasteiger partial charge is 0.334 e. The number of halogens is 1. The van der Waals surface area contributed by atoms with Crippen LogP contribution in [0, 0.1) is 5.82 Å². The van der Waals surface area contributed by atoms with Crippen molar-refractivity contribution >= 4 is 5.91 Å². The zero-order valence-electron chi connectivity index (χ0n) is 11.6. The first-order valence-corrected chi connectivity index (χ1v) is 7.53. The minimum Gasteiger partial charge on any atom is -0.334 e. The standard InChI is InChI=1S/C16H21FN2O/c17-14-6-2-1-5-12(14)11-19(13-8-9-13)16(20)15-7-3-4-10-18-15/h1-2,5-6,13,15,18H,3-4,7-11H2/t15-/m1/s1. The van der Waals surface area contributed by atoms with Crippen molar-refractivity contribution in [2.45, 2.75) is 50.7 Å². The molecule has 2 fully saturated rings. The van der Waals surface area contributed by atoms with E-state index in [1.54, 1.807) is 12.1 Å². The molecule has 1 atom stereocenters. The molecular weight excluding hydrogens is 255 g/mol. The summed E-state index contributed by atoms with van der Waals surface area (Å²) in [6.07, 6.45) is 5.24. The molecule has 1 aliphatic heterocycles. The predicted molar refractivity (Wildman–Crippen MR) is 75.6 cm³/mol. The smallest absolute Gasteiger partial charge is 0.240 e. The minimum absolute atomic E-state index is 0.0730. The lowest BCUT2D eigenvalue weighted by Crippen LogP contribution is -2.49. The van der Waals surface area contributed by atoms with Gasteiger partial charge in [0.05, 0.1) is 6.04 Å². The Balaban J connectivity index is 1.72. The van der Waals surface area contributed by atoms with Gasteiger partial charge in [-0.2, -0.15) is 0 Å². The molecule has 4 heteroatoms. The van der Waals surface area contributed by atoms with Gasteiger partial charge in [0.25, 0.3) is 0 Å². The summed E-state index contributed by atoms with van der Waals surface area (Å²) in [5.74, 6) is -0.0713. The molecule has 0 bridgehead atoms. The highest BCUT2D eigenvalue weighted by Gasteiger charge is 2.36. The molecule has 1 amide bonds. The summed E-state index contributed by atoms with van der Waals surface area (Å²) < 4.78 is 13.8. The number of rotatable bonds is 4. The van der Waals surface area contributed by atoms with Gasteiger partial charge in [-0.15, -0.1) is 0 Å². The van der Waals surface area contributed by atoms with Crippen LogP contribution in [0.1, 0.15) is 37.7 Å². The number of carbonyl (C=O) groups excluding carboxylic acids is 1. The van der Waals surface area contributed by atoms with Crippen LogP contribution in [-0.4, -0.2) is 29.4 Å². The van der Waals surface area contributed by atoms with Crippen molar-refractivity contribution in [2.24, 2.45) is 0 Å². The highest BCUT2D eigenvalue weighted by molar-refractivity contribution is 5.82. The minimum atomic E-state index is -0.220. The van der Waals surface area contributed by atoms with Crippen molar-refractivity contribution in [3.63, 3.8) is 0 Å². The number of piperidine rings is 1. The van der Waals surface area contributed by atoms with Gasteiger partial charge in [-0.05, 0) is 38.3 Å². The number of nitrogens with one attached hydrogen (secondary N) is 1. The van der Waals surface area contributed by atoms with Gasteiger partial charge in [0.15, 0.2) is 0 Å². The number of benzene rings is 1. The van der Waals surface area contributed by atoms with Crippen LogP contribution in [0.25, 0.3) is 0 Å². The maximum atomic E-state index is 13.8. The molecule has 3 rings (SSSR count). The van der Waals surface area contributed by atoms with Gasteiger partial charge in [-0.3, -0.25) is 4.79 Å². The third-order valence-electron chi connectivity index (χ3n) is 4.18. The molecule has 1 N–H and O–H groups in total. The fraction of sp³-hybridized carbons (Fsp3) is 0.562. The highest BCUT2D eigenvalue weighted by Crippen LogP contribution is 2.30. The van der Waals surface area contributed by atoms with Gasteiger partial charge in [-0.1, -0.05) is 24.6 Å². The van der Waals surface area contributed by atoms with Crippen molar-refractivity contribution in [3.05, 3.63) is 35.6 Å². The molecule has 0 unspecified atom stereocenters. The summed E-state index contributed by atoms with van der Waals surface area (Å²) in [5, 5.41) is 3.30. The van der Waals surface area contributed by atoms with E-state index in [0.717, 1.165) is 38.6 Å². The Kier molecular flexibility index (Phi) is 4.01. The van der Waals surface area contributed by atoms with E-state index in [2.05, 4.69) is 5.32 Å². The second-order valence-corrected chi connectivity index (χ2v) is 5.79. The second-order valence-electron chi connectivity index (χ2n) is 5.79. The van der Waals surface area contributed by atoms with Gasteiger partial charge in [0.1, 0.15) is 5.82 Å². The number of hydrogen-bond donors (Lipinski definition) is 1. The van der Waals surface area contributed by atoms with Crippen LogP contribution in [-0.2, 0) is 11.3 Å². The lowest BCUT2D eigenvalue weighted by atomic mass is 10.0. The Hall–Kier alpha value is -1.42. The lowest BCUT2D eigenvalue weighted by molar-refractivity contribution is -0.135. The zero-order chi connectivity index (χ0) is 13.9. The van der Waals surface area contributed by atoms with E-state index in [4.69, 9.17) is 0 Å². The van der Waals surface area contributed by atoms with Gasteiger partial charge in [0, 0.05) is 18.2 Å². The Bertz CT molecular complexity index is 481. The number of amides is 1. The van der Waals surface area contributed by atoms with E-state index in [1.807, 2.05) is 11.0 Å². The Morgan fingerprint density at radius 3 is 2.70 bits per heavy atom. The maximum absolute atomic E-state index is 13.8. The van der Waals surface area contributed by atoms with E-state index < -0.39 is 0 Å². The predicted octanol–water partition coefficient (Wildman–Crippen LogP) is 2.46. The van der Waals surface area contributed by atoms with Gasteiger partial charge >= 0.3 is 0 Å². The molecule has 3 nitrogen and oxygen atoms in total. The fourth-order valence-corrected chi connectivity index (χ4v) is 2.85. The quantitative estimate of drug-likeness (QED) is 0.916. The third-order valence-corrected chi connectivity index (χ3v) is 4.18. The maximum Gasteiger partial charge on any atom is 0.240 e. The Labute approximate surface area is 119 Å². The Morgan fingerprint density at radius 1 is 1.25 bits per heavy atom. The molecule has 20 heavy (non-hydrogen) atoms. The van der Waals surface area contributed by atoms with E-state index in [-0.39, 0.29) is 17.8 Å². The molecular formula is C16H21FN2O. The van der Waals surface area contributed by atoms with Crippen molar-refractivity contribution in [3.8, 4) is 0 Å². The normalized spacial score (nSPS) is 22.6. The first-order chi connectivity index (χ1) is 9.75.